The molecule has 0 saturated heterocycles. The topological polar surface area (TPSA) is 55.8 Å². The van der Waals surface area contributed by atoms with Crippen LogP contribution in [0.15, 0.2) is 48.2 Å². The molecule has 0 bridgehead atoms. The monoisotopic (exact) mass is 327 g/mol. The molecule has 1 aliphatic rings. The summed E-state index contributed by atoms with van der Waals surface area (Å²) in [5.41, 5.74) is 0.593. The quantitative estimate of drug-likeness (QED) is 0.792. The van der Waals surface area contributed by atoms with Gasteiger partial charge in [0.05, 0.1) is 5.56 Å². The summed E-state index contributed by atoms with van der Waals surface area (Å²) in [7, 11) is 3.12. The lowest BCUT2D eigenvalue weighted by Gasteiger charge is -2.10. The smallest absolute Gasteiger partial charge is 0.414 e. The molecule has 6 heteroatoms. The van der Waals surface area contributed by atoms with Crippen molar-refractivity contribution in [1.29, 1.82) is 0 Å². The molecular formula is C18H14FNO4. The highest BCUT2D eigenvalue weighted by Gasteiger charge is 2.28. The number of ketones is 1. The fourth-order valence-electron chi connectivity index (χ4n) is 2.16. The molecule has 0 radical (unpaired) electrons. The first-order chi connectivity index (χ1) is 11.5. The molecule has 0 atom stereocenters. The van der Waals surface area contributed by atoms with Gasteiger partial charge in [-0.1, -0.05) is 18.2 Å². The average Bonchev–Trinajstić information content (AvgIpc) is 2.85. The van der Waals surface area contributed by atoms with Crippen molar-refractivity contribution >= 4 is 18.0 Å². The van der Waals surface area contributed by atoms with Crippen LogP contribution in [-0.2, 0) is 0 Å². The predicted molar refractivity (Wildman–Crippen MR) is 85.5 cm³/mol. The van der Waals surface area contributed by atoms with Crippen LogP contribution < -0.4 is 9.47 Å². The number of benzene rings is 2. The summed E-state index contributed by atoms with van der Waals surface area (Å²) < 4.78 is 24.3. The van der Waals surface area contributed by atoms with Crippen molar-refractivity contribution in [2.45, 2.75) is 0 Å². The van der Waals surface area contributed by atoms with Crippen molar-refractivity contribution in [3.63, 3.8) is 0 Å². The average molecular weight is 327 g/mol. The molecule has 0 saturated carbocycles. The van der Waals surface area contributed by atoms with Gasteiger partial charge in [0.25, 0.3) is 0 Å². The van der Waals surface area contributed by atoms with Crippen LogP contribution in [0.2, 0.25) is 0 Å². The number of ether oxygens (including phenoxy) is 2. The Morgan fingerprint density at radius 2 is 1.96 bits per heavy atom. The van der Waals surface area contributed by atoms with E-state index in [4.69, 9.17) is 9.47 Å². The van der Waals surface area contributed by atoms with E-state index in [2.05, 4.69) is 0 Å². The highest BCUT2D eigenvalue weighted by molar-refractivity contribution is 6.14. The number of rotatable bonds is 2. The van der Waals surface area contributed by atoms with Crippen LogP contribution in [0.25, 0.3) is 6.08 Å². The van der Waals surface area contributed by atoms with E-state index in [1.54, 1.807) is 32.3 Å². The zero-order valence-corrected chi connectivity index (χ0v) is 13.1. The van der Waals surface area contributed by atoms with E-state index in [1.165, 1.54) is 35.2 Å². The fourth-order valence-corrected chi connectivity index (χ4v) is 2.16. The van der Waals surface area contributed by atoms with Gasteiger partial charge in [0.1, 0.15) is 17.3 Å². The molecule has 1 amide bonds. The van der Waals surface area contributed by atoms with E-state index in [0.29, 0.717) is 5.56 Å². The number of hydrogen-bond acceptors (Lipinski definition) is 4. The fraction of sp³-hybridized carbons (Fsp3) is 0.111. The van der Waals surface area contributed by atoms with Gasteiger partial charge in [-0.3, -0.25) is 4.79 Å². The molecule has 5 nitrogen and oxygen atoms in total. The van der Waals surface area contributed by atoms with Crippen LogP contribution in [0.3, 0.4) is 0 Å². The van der Waals surface area contributed by atoms with Crippen molar-refractivity contribution in [3.8, 4) is 11.5 Å². The lowest BCUT2D eigenvalue weighted by Crippen LogP contribution is -2.25. The van der Waals surface area contributed by atoms with Crippen LogP contribution >= 0.6 is 0 Å². The molecular weight excluding hydrogens is 313 g/mol. The second-order valence-electron chi connectivity index (χ2n) is 5.38. The number of Topliss-reactive ketones (excluding diaryl/α,β-unsaturated/α-hetero) is 1. The first-order valence-corrected chi connectivity index (χ1v) is 7.17. The van der Waals surface area contributed by atoms with Gasteiger partial charge in [-0.05, 0) is 24.3 Å². The molecule has 2 aromatic rings. The van der Waals surface area contributed by atoms with Crippen molar-refractivity contribution < 1.29 is 23.5 Å². The van der Waals surface area contributed by atoms with Gasteiger partial charge < -0.3 is 14.4 Å². The predicted octanol–water partition coefficient (Wildman–Crippen LogP) is 3.50. The van der Waals surface area contributed by atoms with Gasteiger partial charge in [0.2, 0.25) is 5.78 Å². The molecule has 1 aliphatic heterocycles. The molecule has 0 N–H and O–H groups in total. The van der Waals surface area contributed by atoms with Crippen molar-refractivity contribution in [2.24, 2.45) is 0 Å². The number of amides is 1. The van der Waals surface area contributed by atoms with Crippen molar-refractivity contribution in [1.82, 2.24) is 4.90 Å². The third kappa shape index (κ3) is 2.99. The Morgan fingerprint density at radius 1 is 1.21 bits per heavy atom. The minimum absolute atomic E-state index is 0.0196. The molecule has 0 unspecified atom stereocenters. The summed E-state index contributed by atoms with van der Waals surface area (Å²) in [6.07, 6.45) is 0.810. The van der Waals surface area contributed by atoms with Crippen LogP contribution in [0.1, 0.15) is 15.9 Å². The third-order valence-electron chi connectivity index (χ3n) is 3.40. The normalized spacial score (nSPS) is 14.3. The molecule has 0 spiro atoms. The second kappa shape index (κ2) is 6.16. The van der Waals surface area contributed by atoms with Crippen molar-refractivity contribution in [3.05, 3.63) is 65.2 Å². The van der Waals surface area contributed by atoms with Gasteiger partial charge in [0, 0.05) is 25.7 Å². The van der Waals surface area contributed by atoms with E-state index < -0.39 is 11.9 Å². The molecule has 24 heavy (non-hydrogen) atoms. The molecule has 2 aromatic carbocycles. The number of carbonyl (C=O) groups is 2. The van der Waals surface area contributed by atoms with Gasteiger partial charge in [-0.15, -0.1) is 0 Å². The van der Waals surface area contributed by atoms with Crippen LogP contribution in [0, 0.1) is 5.82 Å². The number of allylic oxidation sites excluding steroid dienone is 1. The Bertz CT molecular complexity index is 858. The minimum atomic E-state index is -0.540. The first kappa shape index (κ1) is 15.7. The summed E-state index contributed by atoms with van der Waals surface area (Å²) in [6, 6.07) is 10.6. The molecule has 0 aromatic heterocycles. The molecule has 122 valence electrons. The minimum Gasteiger partial charge on any atom is -0.452 e. The SMILES string of the molecule is CN(C)C(=O)Oc1ccc2c(c1)O/C(=C\c1ccccc1F)C2=O. The summed E-state index contributed by atoms with van der Waals surface area (Å²) in [5.74, 6) is -0.248. The highest BCUT2D eigenvalue weighted by Crippen LogP contribution is 2.35. The molecule has 0 fully saturated rings. The Balaban J connectivity index is 1.88. The second-order valence-corrected chi connectivity index (χ2v) is 5.38. The number of fused-ring (bicyclic) bond motifs is 1. The lowest BCUT2D eigenvalue weighted by molar-refractivity contribution is 0.101. The van der Waals surface area contributed by atoms with Crippen LogP contribution in [-0.4, -0.2) is 30.9 Å². The van der Waals surface area contributed by atoms with Crippen LogP contribution in [0.5, 0.6) is 11.5 Å². The van der Waals surface area contributed by atoms with Gasteiger partial charge in [-0.2, -0.15) is 0 Å². The van der Waals surface area contributed by atoms with E-state index >= 15 is 0 Å². The van der Waals surface area contributed by atoms with E-state index in [0.717, 1.165) is 0 Å². The Morgan fingerprint density at radius 3 is 2.67 bits per heavy atom. The zero-order chi connectivity index (χ0) is 17.3. The number of hydrogen-bond donors (Lipinski definition) is 0. The third-order valence-corrected chi connectivity index (χ3v) is 3.40. The van der Waals surface area contributed by atoms with E-state index in [9.17, 15) is 14.0 Å². The van der Waals surface area contributed by atoms with E-state index in [-0.39, 0.29) is 28.6 Å². The van der Waals surface area contributed by atoms with Crippen molar-refractivity contribution in [2.75, 3.05) is 14.1 Å². The summed E-state index contributed by atoms with van der Waals surface area (Å²) in [4.78, 5) is 25.2. The lowest BCUT2D eigenvalue weighted by atomic mass is 10.1. The molecule has 0 aliphatic carbocycles. The first-order valence-electron chi connectivity index (χ1n) is 7.17. The number of halogens is 1. The Labute approximate surface area is 137 Å². The zero-order valence-electron chi connectivity index (χ0n) is 13.1. The summed E-state index contributed by atoms with van der Waals surface area (Å²) in [6.45, 7) is 0. The van der Waals surface area contributed by atoms with Gasteiger partial charge >= 0.3 is 6.09 Å². The standard InChI is InChI=1S/C18H14FNO4/c1-20(2)18(22)23-12-7-8-13-15(10-12)24-16(17(13)21)9-11-5-3-4-6-14(11)19/h3-10H,1-2H3/b16-9-. The summed E-state index contributed by atoms with van der Waals surface area (Å²) in [5, 5.41) is 0. The van der Waals surface area contributed by atoms with Gasteiger partial charge in [-0.25, -0.2) is 9.18 Å². The van der Waals surface area contributed by atoms with Crippen LogP contribution in [0.4, 0.5) is 9.18 Å². The van der Waals surface area contributed by atoms with E-state index in [1.807, 2.05) is 0 Å². The maximum absolute atomic E-state index is 13.7. The summed E-state index contributed by atoms with van der Waals surface area (Å²) >= 11 is 0. The number of carbonyl (C=O) groups excluding carboxylic acids is 2. The van der Waals surface area contributed by atoms with Gasteiger partial charge in [0.15, 0.2) is 5.76 Å². The Hall–Kier alpha value is -3.15. The molecule has 3 rings (SSSR count). The molecule has 1 heterocycles. The number of nitrogens with zero attached hydrogens (tertiary/aromatic N) is 1. The maximum atomic E-state index is 13.7. The largest absolute Gasteiger partial charge is 0.452 e. The maximum Gasteiger partial charge on any atom is 0.414 e. The Kier molecular flexibility index (Phi) is 4.04. The highest BCUT2D eigenvalue weighted by atomic mass is 19.1.